The van der Waals surface area contributed by atoms with E-state index < -0.39 is 0 Å². The molecule has 0 amide bonds. The molecular formula is C20H51NO2. The van der Waals surface area contributed by atoms with Gasteiger partial charge >= 0.3 is 0 Å². The van der Waals surface area contributed by atoms with Crippen molar-refractivity contribution in [1.29, 1.82) is 0 Å². The van der Waals surface area contributed by atoms with E-state index in [0.29, 0.717) is 0 Å². The molecule has 0 spiro atoms. The van der Waals surface area contributed by atoms with Gasteiger partial charge in [0.05, 0.1) is 0 Å². The zero-order valence-electron chi connectivity index (χ0n) is 17.5. The molecule has 0 aliphatic heterocycles. The van der Waals surface area contributed by atoms with Crippen LogP contribution in [0.5, 0.6) is 0 Å². The fourth-order valence-corrected chi connectivity index (χ4v) is 0.976. The standard InChI is InChI=1S/C12H20.3C2H6.CH2O.CH4.H3N.H2O.H2/c1-8(2)10(5)12(7)11(6)9(3)4;4*1-2;;;;/h1H2,2-7H3;3*1-2H3;1H2;1H4;1H3;1H2;1H/b12-10-;;;;;;;;. The molecule has 0 radical (unpaired) electrons. The van der Waals surface area contributed by atoms with Gasteiger partial charge in [-0.25, -0.2) is 0 Å². The first-order chi connectivity index (χ1) is 9.37. The van der Waals surface area contributed by atoms with Gasteiger partial charge in [0.15, 0.2) is 0 Å². The van der Waals surface area contributed by atoms with Crippen molar-refractivity contribution in [2.24, 2.45) is 0 Å². The first-order valence-corrected chi connectivity index (χ1v) is 7.64. The fourth-order valence-electron chi connectivity index (χ4n) is 0.976. The molecular weight excluding hydrogens is 286 g/mol. The molecule has 0 atom stereocenters. The lowest BCUT2D eigenvalue weighted by atomic mass is 9.97. The van der Waals surface area contributed by atoms with Crippen molar-refractivity contribution in [2.75, 3.05) is 0 Å². The Balaban J connectivity index is -0.0000000235. The van der Waals surface area contributed by atoms with Crippen LogP contribution in [0, 0.1) is 0 Å². The van der Waals surface area contributed by atoms with Gasteiger partial charge in [-0.2, -0.15) is 0 Å². The van der Waals surface area contributed by atoms with E-state index in [-0.39, 0.29) is 20.5 Å². The minimum atomic E-state index is 0. The molecule has 0 heterocycles. The van der Waals surface area contributed by atoms with Crippen LogP contribution in [0.3, 0.4) is 0 Å². The Morgan fingerprint density at radius 2 is 0.870 bits per heavy atom. The van der Waals surface area contributed by atoms with Crippen molar-refractivity contribution in [2.45, 2.75) is 90.5 Å². The van der Waals surface area contributed by atoms with Crippen molar-refractivity contribution < 1.29 is 11.7 Å². The maximum Gasteiger partial charge on any atom is 0.106 e. The summed E-state index contributed by atoms with van der Waals surface area (Å²) in [5.74, 6) is 0. The monoisotopic (exact) mass is 337 g/mol. The Morgan fingerprint density at radius 1 is 0.652 bits per heavy atom. The number of carbonyl (C=O) groups is 1. The summed E-state index contributed by atoms with van der Waals surface area (Å²) in [5.41, 5.74) is 6.60. The molecule has 0 bridgehead atoms. The van der Waals surface area contributed by atoms with Crippen LogP contribution in [0.15, 0.2) is 34.4 Å². The quantitative estimate of drug-likeness (QED) is 0.533. The van der Waals surface area contributed by atoms with E-state index in [9.17, 15) is 0 Å². The van der Waals surface area contributed by atoms with Crippen molar-refractivity contribution in [3.8, 4) is 0 Å². The number of rotatable bonds is 2. The molecule has 0 rings (SSSR count). The first kappa shape index (κ1) is 49.5. The first-order valence-electron chi connectivity index (χ1n) is 7.64. The third kappa shape index (κ3) is 33.6. The van der Waals surface area contributed by atoms with Gasteiger partial charge in [0.1, 0.15) is 6.79 Å². The molecule has 3 nitrogen and oxygen atoms in total. The molecule has 0 aromatic rings. The third-order valence-corrected chi connectivity index (χ3v) is 2.52. The molecule has 23 heavy (non-hydrogen) atoms. The Labute approximate surface area is 150 Å². The maximum absolute atomic E-state index is 8.00. The molecule has 3 heteroatoms. The second-order valence-corrected chi connectivity index (χ2v) is 3.66. The van der Waals surface area contributed by atoms with Crippen molar-refractivity contribution in [3.05, 3.63) is 34.4 Å². The van der Waals surface area contributed by atoms with Crippen LogP contribution < -0.4 is 6.15 Å². The number of allylic oxidation sites excluding steroid dienone is 5. The highest BCUT2D eigenvalue weighted by atomic mass is 16.1. The summed E-state index contributed by atoms with van der Waals surface area (Å²) in [7, 11) is 0. The average molecular weight is 338 g/mol. The molecule has 5 N–H and O–H groups in total. The minimum absolute atomic E-state index is 0. The molecule has 0 fully saturated rings. The lowest BCUT2D eigenvalue weighted by Gasteiger charge is -2.09. The van der Waals surface area contributed by atoms with E-state index in [1.807, 2.05) is 48.3 Å². The number of carbonyl (C=O) groups excluding carboxylic acids is 1. The maximum atomic E-state index is 8.00. The van der Waals surface area contributed by atoms with E-state index in [1.54, 1.807) is 0 Å². The van der Waals surface area contributed by atoms with Gasteiger partial charge in [-0.05, 0) is 58.3 Å². The zero-order chi connectivity index (χ0) is 17.9. The van der Waals surface area contributed by atoms with Crippen LogP contribution in [0.25, 0.3) is 0 Å². The van der Waals surface area contributed by atoms with E-state index in [4.69, 9.17) is 4.79 Å². The van der Waals surface area contributed by atoms with Crippen LogP contribution >= 0.6 is 0 Å². The summed E-state index contributed by atoms with van der Waals surface area (Å²) in [6, 6.07) is 0. The number of hydrogen-bond donors (Lipinski definition) is 1. The molecule has 0 saturated carbocycles. The van der Waals surface area contributed by atoms with E-state index >= 15 is 0 Å². The lowest BCUT2D eigenvalue weighted by molar-refractivity contribution is -0.0979. The Bertz CT molecular complexity index is 279. The molecule has 0 aliphatic rings. The molecule has 0 aliphatic carbocycles. The average Bonchev–Trinajstić information content (AvgIpc) is 2.52. The Kier molecular flexibility index (Phi) is 92.2. The van der Waals surface area contributed by atoms with Gasteiger partial charge in [-0.3, -0.25) is 0 Å². The van der Waals surface area contributed by atoms with Gasteiger partial charge in [0, 0.05) is 1.43 Å². The minimum Gasteiger partial charge on any atom is -0.412 e. The summed E-state index contributed by atoms with van der Waals surface area (Å²) < 4.78 is 0. The highest BCUT2D eigenvalue weighted by molar-refractivity contribution is 5.41. The zero-order valence-corrected chi connectivity index (χ0v) is 17.5. The van der Waals surface area contributed by atoms with Gasteiger partial charge in [-0.1, -0.05) is 66.7 Å². The Hall–Kier alpha value is -1.19. The van der Waals surface area contributed by atoms with Gasteiger partial charge in [0.2, 0.25) is 0 Å². The van der Waals surface area contributed by atoms with Gasteiger partial charge in [-0.15, -0.1) is 0 Å². The van der Waals surface area contributed by atoms with Crippen LogP contribution in [0.1, 0.15) is 91.9 Å². The lowest BCUT2D eigenvalue weighted by Crippen LogP contribution is -1.89. The normalized spacial score (nSPS) is 7.30. The molecule has 0 unspecified atom stereocenters. The van der Waals surface area contributed by atoms with Crippen LogP contribution in [-0.2, 0) is 4.79 Å². The largest absolute Gasteiger partial charge is 0.412 e. The van der Waals surface area contributed by atoms with E-state index in [0.717, 1.165) is 5.57 Å². The second kappa shape index (κ2) is 42.8. The van der Waals surface area contributed by atoms with Crippen LogP contribution in [0.4, 0.5) is 0 Å². The molecule has 148 valence electrons. The van der Waals surface area contributed by atoms with Crippen LogP contribution in [-0.4, -0.2) is 12.3 Å². The molecule has 0 aromatic carbocycles. The van der Waals surface area contributed by atoms with E-state index in [2.05, 4.69) is 48.1 Å². The van der Waals surface area contributed by atoms with Gasteiger partial charge in [0.25, 0.3) is 0 Å². The third-order valence-electron chi connectivity index (χ3n) is 2.52. The Morgan fingerprint density at radius 3 is 1.00 bits per heavy atom. The van der Waals surface area contributed by atoms with E-state index in [1.165, 1.54) is 22.3 Å². The summed E-state index contributed by atoms with van der Waals surface area (Å²) in [4.78, 5) is 8.00. The van der Waals surface area contributed by atoms with Crippen molar-refractivity contribution in [3.63, 3.8) is 0 Å². The van der Waals surface area contributed by atoms with Gasteiger partial charge < -0.3 is 16.4 Å². The predicted octanol–water partition coefficient (Wildman–Crippen LogP) is 7.37. The summed E-state index contributed by atoms with van der Waals surface area (Å²) in [6.07, 6.45) is 0. The summed E-state index contributed by atoms with van der Waals surface area (Å²) in [6.45, 7) is 30.7. The summed E-state index contributed by atoms with van der Waals surface area (Å²) >= 11 is 0. The molecule has 0 saturated heterocycles. The second-order valence-electron chi connectivity index (χ2n) is 3.66. The topological polar surface area (TPSA) is 83.6 Å². The smallest absolute Gasteiger partial charge is 0.106 e. The molecule has 0 aromatic heterocycles. The SMILES string of the molecule is C.C=C(C)/C(C)=C(/C)C(C)=C(C)C.C=O.CC.CC.CC.N.O.[HH]. The fraction of sp³-hybridized carbons (Fsp3) is 0.650. The predicted molar refractivity (Wildman–Crippen MR) is 116 cm³/mol. The van der Waals surface area contributed by atoms with Crippen LogP contribution in [0.2, 0.25) is 0 Å². The highest BCUT2D eigenvalue weighted by Crippen LogP contribution is 2.20. The summed E-state index contributed by atoms with van der Waals surface area (Å²) in [5, 5.41) is 0. The highest BCUT2D eigenvalue weighted by Gasteiger charge is 2.00. The number of hydrogen-bond acceptors (Lipinski definition) is 2. The van der Waals surface area contributed by atoms with Crippen molar-refractivity contribution >= 4 is 6.79 Å². The van der Waals surface area contributed by atoms with Crippen molar-refractivity contribution in [1.82, 2.24) is 6.15 Å².